The maximum absolute atomic E-state index is 11.4. The molecule has 0 bridgehead atoms. The van der Waals surface area contributed by atoms with E-state index in [-0.39, 0.29) is 29.2 Å². The zero-order valence-corrected chi connectivity index (χ0v) is 11.9. The number of hydrogen-bond donors (Lipinski definition) is 0. The summed E-state index contributed by atoms with van der Waals surface area (Å²) < 4.78 is 10.2. The number of ketones is 1. The fourth-order valence-corrected chi connectivity index (χ4v) is 3.09. The largest absolute Gasteiger partial charge is 0.466 e. The Morgan fingerprint density at radius 1 is 1.35 bits per heavy atom. The van der Waals surface area contributed by atoms with Gasteiger partial charge >= 0.3 is 5.97 Å². The van der Waals surface area contributed by atoms with E-state index in [1.165, 1.54) is 13.2 Å². The average molecular weight is 276 g/mol. The van der Waals surface area contributed by atoms with Gasteiger partial charge in [-0.2, -0.15) is 0 Å². The second-order valence-corrected chi connectivity index (χ2v) is 5.26. The van der Waals surface area contributed by atoms with E-state index >= 15 is 0 Å². The van der Waals surface area contributed by atoms with Crippen molar-refractivity contribution in [1.29, 1.82) is 0 Å². The molecule has 2 aliphatic carbocycles. The molecule has 0 aromatic heterocycles. The molecule has 2 rings (SSSR count). The van der Waals surface area contributed by atoms with E-state index in [9.17, 15) is 9.59 Å². The minimum atomic E-state index is -0.375. The number of carbonyl (C=O) groups is 2. The monoisotopic (exact) mass is 276 g/mol. The van der Waals surface area contributed by atoms with E-state index in [2.05, 4.69) is 4.74 Å². The van der Waals surface area contributed by atoms with Crippen molar-refractivity contribution in [3.05, 3.63) is 36.5 Å². The van der Waals surface area contributed by atoms with Gasteiger partial charge in [-0.05, 0) is 31.4 Å². The van der Waals surface area contributed by atoms with Crippen molar-refractivity contribution in [3.8, 4) is 0 Å². The van der Waals surface area contributed by atoms with Crippen LogP contribution in [-0.2, 0) is 19.1 Å². The first-order chi connectivity index (χ1) is 9.61. The fraction of sp³-hybridized carbons (Fsp3) is 0.500. The molecule has 1 spiro atoms. The first-order valence-electron chi connectivity index (χ1n) is 6.83. The van der Waals surface area contributed by atoms with Crippen LogP contribution >= 0.6 is 0 Å². The Hall–Kier alpha value is -1.68. The van der Waals surface area contributed by atoms with E-state index < -0.39 is 0 Å². The lowest BCUT2D eigenvalue weighted by Gasteiger charge is -2.43. The third-order valence-electron chi connectivity index (χ3n) is 4.18. The Morgan fingerprint density at radius 3 is 2.65 bits per heavy atom. The van der Waals surface area contributed by atoms with Crippen LogP contribution in [0, 0.1) is 11.3 Å². The third kappa shape index (κ3) is 2.90. The Morgan fingerprint density at radius 2 is 2.05 bits per heavy atom. The predicted molar refractivity (Wildman–Crippen MR) is 75.0 cm³/mol. The topological polar surface area (TPSA) is 52.6 Å². The number of ether oxygens (including phenoxy) is 2. The molecule has 4 heteroatoms. The highest BCUT2D eigenvalue weighted by Crippen LogP contribution is 2.46. The SMILES string of the molecule is COC(=O)/C=C/[C@H]1[C@H](OC)CCCC12C=CC(=O)C=C2. The summed E-state index contributed by atoms with van der Waals surface area (Å²) in [5, 5.41) is 0. The number of rotatable bonds is 3. The second kappa shape index (κ2) is 6.18. The van der Waals surface area contributed by atoms with Gasteiger partial charge in [0.2, 0.25) is 0 Å². The lowest BCUT2D eigenvalue weighted by Crippen LogP contribution is -2.40. The number of carbonyl (C=O) groups excluding carboxylic acids is 2. The van der Waals surface area contributed by atoms with Crippen LogP contribution in [0.4, 0.5) is 0 Å². The molecule has 2 aliphatic rings. The van der Waals surface area contributed by atoms with Crippen LogP contribution in [0.3, 0.4) is 0 Å². The van der Waals surface area contributed by atoms with Gasteiger partial charge < -0.3 is 9.47 Å². The molecule has 0 N–H and O–H groups in total. The molecule has 0 aromatic rings. The van der Waals surface area contributed by atoms with Gasteiger partial charge in [0, 0.05) is 24.5 Å². The smallest absolute Gasteiger partial charge is 0.330 e. The summed E-state index contributed by atoms with van der Waals surface area (Å²) in [4.78, 5) is 22.7. The minimum Gasteiger partial charge on any atom is -0.466 e. The highest BCUT2D eigenvalue weighted by atomic mass is 16.5. The van der Waals surface area contributed by atoms with Crippen LogP contribution in [0.1, 0.15) is 19.3 Å². The third-order valence-corrected chi connectivity index (χ3v) is 4.18. The van der Waals surface area contributed by atoms with Crippen LogP contribution in [0.25, 0.3) is 0 Å². The molecule has 20 heavy (non-hydrogen) atoms. The summed E-state index contributed by atoms with van der Waals surface area (Å²) in [5.41, 5.74) is -0.239. The highest BCUT2D eigenvalue weighted by Gasteiger charge is 2.42. The summed E-state index contributed by atoms with van der Waals surface area (Å²) in [7, 11) is 3.04. The van der Waals surface area contributed by atoms with Gasteiger partial charge in [-0.1, -0.05) is 18.2 Å². The molecule has 0 unspecified atom stereocenters. The number of hydrogen-bond acceptors (Lipinski definition) is 4. The molecule has 0 amide bonds. The average Bonchev–Trinajstić information content (AvgIpc) is 2.48. The number of allylic oxidation sites excluding steroid dienone is 4. The summed E-state index contributed by atoms with van der Waals surface area (Å²) in [6, 6.07) is 0. The molecule has 0 saturated heterocycles. The molecule has 1 fully saturated rings. The first kappa shape index (κ1) is 14.7. The summed E-state index contributed by atoms with van der Waals surface area (Å²) in [5.74, 6) is -0.341. The molecule has 0 aliphatic heterocycles. The predicted octanol–water partition coefficient (Wildman–Crippen LogP) is 2.21. The lowest BCUT2D eigenvalue weighted by molar-refractivity contribution is -0.134. The van der Waals surface area contributed by atoms with Crippen molar-refractivity contribution in [2.45, 2.75) is 25.4 Å². The molecular formula is C16H20O4. The zero-order chi connectivity index (χ0) is 14.6. The minimum absolute atomic E-state index is 0.00543. The zero-order valence-electron chi connectivity index (χ0n) is 11.9. The molecule has 0 heterocycles. The van der Waals surface area contributed by atoms with Crippen molar-refractivity contribution < 1.29 is 19.1 Å². The van der Waals surface area contributed by atoms with E-state index in [0.717, 1.165) is 19.3 Å². The van der Waals surface area contributed by atoms with E-state index in [4.69, 9.17) is 4.74 Å². The van der Waals surface area contributed by atoms with Crippen LogP contribution in [0.2, 0.25) is 0 Å². The standard InChI is InChI=1S/C16H20O4/c1-19-14-4-3-9-16(10-7-12(17)8-11-16)13(14)5-6-15(18)20-2/h5-8,10-11,13-14H,3-4,9H2,1-2H3/b6-5+/t13-,14+/m0/s1. The van der Waals surface area contributed by atoms with Crippen LogP contribution in [0.5, 0.6) is 0 Å². The van der Waals surface area contributed by atoms with Gasteiger partial charge in [-0.3, -0.25) is 4.79 Å². The van der Waals surface area contributed by atoms with Crippen LogP contribution < -0.4 is 0 Å². The number of esters is 1. The summed E-state index contributed by atoms with van der Waals surface area (Å²) in [6.45, 7) is 0. The van der Waals surface area contributed by atoms with Crippen molar-refractivity contribution in [1.82, 2.24) is 0 Å². The molecule has 2 atom stereocenters. The van der Waals surface area contributed by atoms with Gasteiger partial charge in [0.05, 0.1) is 13.2 Å². The van der Waals surface area contributed by atoms with Crippen molar-refractivity contribution in [2.24, 2.45) is 11.3 Å². The van der Waals surface area contributed by atoms with Gasteiger partial charge in [0.25, 0.3) is 0 Å². The summed E-state index contributed by atoms with van der Waals surface area (Å²) >= 11 is 0. The number of methoxy groups -OCH3 is 2. The Bertz CT molecular complexity index is 457. The van der Waals surface area contributed by atoms with Crippen LogP contribution in [-0.4, -0.2) is 32.1 Å². The molecule has 0 aromatic carbocycles. The van der Waals surface area contributed by atoms with Crippen molar-refractivity contribution in [2.75, 3.05) is 14.2 Å². The van der Waals surface area contributed by atoms with Gasteiger partial charge in [0.1, 0.15) is 0 Å². The maximum atomic E-state index is 11.4. The van der Waals surface area contributed by atoms with E-state index in [0.29, 0.717) is 0 Å². The molecule has 1 saturated carbocycles. The molecule has 4 nitrogen and oxygen atoms in total. The van der Waals surface area contributed by atoms with Gasteiger partial charge in [0.15, 0.2) is 5.78 Å². The van der Waals surface area contributed by atoms with Crippen molar-refractivity contribution >= 4 is 11.8 Å². The molecule has 108 valence electrons. The maximum Gasteiger partial charge on any atom is 0.330 e. The quantitative estimate of drug-likeness (QED) is 0.586. The normalized spacial score (nSPS) is 28.2. The first-order valence-corrected chi connectivity index (χ1v) is 6.83. The second-order valence-electron chi connectivity index (χ2n) is 5.26. The van der Waals surface area contributed by atoms with Gasteiger partial charge in [-0.15, -0.1) is 0 Å². The fourth-order valence-electron chi connectivity index (χ4n) is 3.09. The highest BCUT2D eigenvalue weighted by molar-refractivity contribution is 6.00. The van der Waals surface area contributed by atoms with Crippen LogP contribution in [0.15, 0.2) is 36.5 Å². The summed E-state index contributed by atoms with van der Waals surface area (Å²) in [6.07, 6.45) is 13.4. The Kier molecular flexibility index (Phi) is 4.55. The van der Waals surface area contributed by atoms with E-state index in [1.807, 2.05) is 18.2 Å². The Balaban J connectivity index is 2.30. The van der Waals surface area contributed by atoms with Gasteiger partial charge in [-0.25, -0.2) is 4.79 Å². The van der Waals surface area contributed by atoms with Crippen molar-refractivity contribution in [3.63, 3.8) is 0 Å². The molecule has 0 radical (unpaired) electrons. The Labute approximate surface area is 119 Å². The lowest BCUT2D eigenvalue weighted by atomic mass is 9.63. The molecular weight excluding hydrogens is 256 g/mol. The van der Waals surface area contributed by atoms with E-state index in [1.54, 1.807) is 19.3 Å².